The van der Waals surface area contributed by atoms with E-state index in [1.807, 2.05) is 0 Å². The highest BCUT2D eigenvalue weighted by Crippen LogP contribution is 2.40. The molecule has 0 bridgehead atoms. The Morgan fingerprint density at radius 3 is 1.74 bits per heavy atom. The zero-order chi connectivity index (χ0) is 38.4. The third-order valence-electron chi connectivity index (χ3n) is 7.59. The normalized spacial score (nSPS) is 19.3. The molecule has 0 unspecified atom stereocenters. The summed E-state index contributed by atoms with van der Waals surface area (Å²) in [7, 11) is 0. The van der Waals surface area contributed by atoms with Crippen LogP contribution in [0.25, 0.3) is 0 Å². The minimum absolute atomic E-state index is 0.0273. The van der Waals surface area contributed by atoms with Gasteiger partial charge in [-0.15, -0.1) is 23.5 Å². The molecule has 0 fully saturated rings. The van der Waals surface area contributed by atoms with Crippen LogP contribution in [0, 0.1) is 0 Å². The van der Waals surface area contributed by atoms with Crippen LogP contribution in [0.5, 0.6) is 28.7 Å². The molecule has 2 aliphatic rings. The van der Waals surface area contributed by atoms with Gasteiger partial charge in [0.05, 0.1) is 45.2 Å². The van der Waals surface area contributed by atoms with E-state index < -0.39 is 29.0 Å². The number of hydrogen-bond donors (Lipinski definition) is 2. The van der Waals surface area contributed by atoms with Crippen LogP contribution < -0.4 is 14.2 Å². The molecule has 0 aromatic heterocycles. The van der Waals surface area contributed by atoms with Crippen molar-refractivity contribution in [2.45, 2.75) is 45.7 Å². The number of carbonyl (C=O) groups is 3. The van der Waals surface area contributed by atoms with E-state index in [2.05, 4.69) is 9.98 Å². The van der Waals surface area contributed by atoms with E-state index in [1.165, 1.54) is 35.7 Å². The topological polar surface area (TPSA) is 190 Å². The molecule has 2 aromatic carbocycles. The minimum Gasteiger partial charge on any atom is -0.507 e. The van der Waals surface area contributed by atoms with Gasteiger partial charge in [-0.25, -0.2) is 14.4 Å². The van der Waals surface area contributed by atoms with E-state index in [9.17, 15) is 24.6 Å². The fourth-order valence-corrected chi connectivity index (χ4v) is 7.26. The standard InChI is InChI=1S/C36H46N2O13S2/c1-6-46-30(41)20-45-13-16-51-29-19-27(40)25(32-38-36(5,22-53-32)34(43)48-8-3)18-28(29)50-15-12-44-11-14-49-23-9-10-24(26(39)17-23)31-37-35(4,21-52-31)33(42)47-7-2/h9-10,17-19,39-40H,6-8,11-16,20-22H2,1-5H3/t35-,36-/m1/s1. The Morgan fingerprint density at radius 1 is 0.660 bits per heavy atom. The number of benzene rings is 2. The number of nitrogens with zero attached hydrogens (tertiary/aromatic N) is 2. The van der Waals surface area contributed by atoms with Crippen LogP contribution in [0.3, 0.4) is 0 Å². The van der Waals surface area contributed by atoms with E-state index >= 15 is 0 Å². The summed E-state index contributed by atoms with van der Waals surface area (Å²) in [6.45, 7) is 9.91. The van der Waals surface area contributed by atoms with E-state index in [0.29, 0.717) is 44.2 Å². The molecule has 2 atom stereocenters. The van der Waals surface area contributed by atoms with Crippen LogP contribution in [0.4, 0.5) is 0 Å². The predicted molar refractivity (Wildman–Crippen MR) is 199 cm³/mol. The molecule has 0 saturated heterocycles. The van der Waals surface area contributed by atoms with Crippen LogP contribution in [-0.4, -0.2) is 127 Å². The van der Waals surface area contributed by atoms with Crippen molar-refractivity contribution in [3.63, 3.8) is 0 Å². The first-order chi connectivity index (χ1) is 25.4. The molecule has 2 heterocycles. The second-order valence-corrected chi connectivity index (χ2v) is 13.8. The third kappa shape index (κ3) is 11.4. The number of phenols is 2. The molecule has 53 heavy (non-hydrogen) atoms. The largest absolute Gasteiger partial charge is 0.507 e. The summed E-state index contributed by atoms with van der Waals surface area (Å²) in [5, 5.41) is 22.6. The van der Waals surface area contributed by atoms with Gasteiger partial charge in [0, 0.05) is 29.2 Å². The molecule has 0 spiro atoms. The summed E-state index contributed by atoms with van der Waals surface area (Å²) in [6.07, 6.45) is 0. The van der Waals surface area contributed by atoms with Gasteiger partial charge in [0.2, 0.25) is 0 Å². The van der Waals surface area contributed by atoms with Crippen molar-refractivity contribution in [2.75, 3.05) is 77.6 Å². The lowest BCUT2D eigenvalue weighted by molar-refractivity contribution is -0.149. The summed E-state index contributed by atoms with van der Waals surface area (Å²) in [5.41, 5.74) is -1.24. The first kappa shape index (κ1) is 41.6. The van der Waals surface area contributed by atoms with E-state index in [4.69, 9.17) is 37.9 Å². The number of thioether (sulfide) groups is 2. The molecule has 0 saturated carbocycles. The van der Waals surface area contributed by atoms with Gasteiger partial charge in [-0.1, -0.05) is 0 Å². The second kappa shape index (κ2) is 19.8. The fraction of sp³-hybridized carbons (Fsp3) is 0.528. The first-order valence-electron chi connectivity index (χ1n) is 17.1. The fourth-order valence-electron chi connectivity index (χ4n) is 4.88. The maximum atomic E-state index is 12.5. The molecule has 2 aliphatic heterocycles. The van der Waals surface area contributed by atoms with Crippen molar-refractivity contribution in [3.8, 4) is 28.7 Å². The van der Waals surface area contributed by atoms with Crippen molar-refractivity contribution < 1.29 is 62.5 Å². The highest BCUT2D eigenvalue weighted by molar-refractivity contribution is 8.15. The van der Waals surface area contributed by atoms with Crippen molar-refractivity contribution in [1.82, 2.24) is 0 Å². The number of esters is 3. The lowest BCUT2D eigenvalue weighted by Crippen LogP contribution is -2.35. The molecule has 15 nitrogen and oxygen atoms in total. The maximum absolute atomic E-state index is 12.5. The van der Waals surface area contributed by atoms with Crippen LogP contribution in [0.15, 0.2) is 40.3 Å². The number of aromatic hydroxyl groups is 2. The Labute approximate surface area is 316 Å². The maximum Gasteiger partial charge on any atom is 0.334 e. The van der Waals surface area contributed by atoms with Crippen LogP contribution in [0.2, 0.25) is 0 Å². The minimum atomic E-state index is -1.09. The zero-order valence-corrected chi connectivity index (χ0v) is 32.1. The Kier molecular flexibility index (Phi) is 15.5. The molecular weight excluding hydrogens is 733 g/mol. The van der Waals surface area contributed by atoms with Gasteiger partial charge in [0.25, 0.3) is 0 Å². The molecule has 290 valence electrons. The van der Waals surface area contributed by atoms with Gasteiger partial charge >= 0.3 is 17.9 Å². The summed E-state index contributed by atoms with van der Waals surface area (Å²) >= 11 is 2.69. The molecule has 0 aliphatic carbocycles. The number of rotatable bonds is 21. The molecule has 17 heteroatoms. The van der Waals surface area contributed by atoms with E-state index in [0.717, 1.165) is 0 Å². The Morgan fingerprint density at radius 2 is 1.17 bits per heavy atom. The van der Waals surface area contributed by atoms with Gasteiger partial charge in [-0.2, -0.15) is 0 Å². The van der Waals surface area contributed by atoms with Crippen molar-refractivity contribution in [3.05, 3.63) is 41.5 Å². The van der Waals surface area contributed by atoms with Crippen molar-refractivity contribution in [2.24, 2.45) is 9.98 Å². The summed E-state index contributed by atoms with van der Waals surface area (Å²) in [4.78, 5) is 45.5. The number of aliphatic imine (C=N–C) groups is 2. The Balaban J connectivity index is 1.31. The SMILES string of the molecule is CCOC(=O)COCCOc1cc(O)c(C2=N[C@@](C)(C(=O)OCC)CS2)cc1OCCOCCOc1ccc(C2=N[C@@](C)(C(=O)OCC)CS2)c(O)c1. The third-order valence-corrected chi connectivity index (χ3v) is 10.2. The monoisotopic (exact) mass is 778 g/mol. The first-order valence-corrected chi connectivity index (χ1v) is 19.1. The Hall–Kier alpha value is -4.19. The molecule has 2 aromatic rings. The van der Waals surface area contributed by atoms with Crippen LogP contribution in [-0.2, 0) is 38.1 Å². The van der Waals surface area contributed by atoms with Gasteiger partial charge in [0.15, 0.2) is 22.6 Å². The average Bonchev–Trinajstić information content (AvgIpc) is 3.73. The van der Waals surface area contributed by atoms with Gasteiger partial charge in [-0.3, -0.25) is 9.98 Å². The molecule has 4 rings (SSSR count). The number of phenolic OH excluding ortho intramolecular Hbond substituents is 2. The van der Waals surface area contributed by atoms with Gasteiger partial charge < -0.3 is 48.1 Å². The van der Waals surface area contributed by atoms with Gasteiger partial charge in [-0.05, 0) is 52.8 Å². The van der Waals surface area contributed by atoms with E-state index in [1.54, 1.807) is 52.8 Å². The Bertz CT molecular complexity index is 1670. The summed E-state index contributed by atoms with van der Waals surface area (Å²) in [5.74, 6) is 0.214. The number of hydrogen-bond acceptors (Lipinski definition) is 17. The lowest BCUT2D eigenvalue weighted by Gasteiger charge is -2.17. The lowest BCUT2D eigenvalue weighted by atomic mass is 10.1. The highest BCUT2D eigenvalue weighted by atomic mass is 32.2. The smallest absolute Gasteiger partial charge is 0.334 e. The molecule has 0 amide bonds. The molecule has 2 N–H and O–H groups in total. The molecular formula is C36H46N2O13S2. The van der Waals surface area contributed by atoms with E-state index in [-0.39, 0.29) is 83.3 Å². The van der Waals surface area contributed by atoms with Crippen LogP contribution >= 0.6 is 23.5 Å². The number of ether oxygens (including phenoxy) is 8. The summed E-state index contributed by atoms with van der Waals surface area (Å²) in [6, 6.07) is 7.85. The predicted octanol–water partition coefficient (Wildman–Crippen LogP) is 4.16. The van der Waals surface area contributed by atoms with Crippen molar-refractivity contribution in [1.29, 1.82) is 0 Å². The zero-order valence-electron chi connectivity index (χ0n) is 30.5. The number of carbonyl (C=O) groups excluding carboxylic acids is 3. The highest BCUT2D eigenvalue weighted by Gasteiger charge is 2.41. The second-order valence-electron chi connectivity index (χ2n) is 11.9. The molecule has 0 radical (unpaired) electrons. The van der Waals surface area contributed by atoms with Gasteiger partial charge in [0.1, 0.15) is 53.8 Å². The summed E-state index contributed by atoms with van der Waals surface area (Å²) < 4.78 is 43.7. The quantitative estimate of drug-likeness (QED) is 0.104. The average molecular weight is 779 g/mol. The van der Waals surface area contributed by atoms with Crippen molar-refractivity contribution >= 4 is 51.5 Å². The van der Waals surface area contributed by atoms with Crippen LogP contribution in [0.1, 0.15) is 45.7 Å².